The molecule has 2 N–H and O–H groups in total. The Morgan fingerprint density at radius 3 is 2.96 bits per heavy atom. The minimum atomic E-state index is -0.346. The van der Waals surface area contributed by atoms with Crippen molar-refractivity contribution in [2.24, 2.45) is 0 Å². The van der Waals surface area contributed by atoms with E-state index in [1.807, 2.05) is 36.4 Å². The highest BCUT2D eigenvalue weighted by molar-refractivity contribution is 6.02. The lowest BCUT2D eigenvalue weighted by Crippen LogP contribution is -2.64. The molecule has 0 aliphatic carbocycles. The molecule has 1 spiro atoms. The predicted octanol–water partition coefficient (Wildman–Crippen LogP) is 2.57. The van der Waals surface area contributed by atoms with Gasteiger partial charge in [0.15, 0.2) is 0 Å². The summed E-state index contributed by atoms with van der Waals surface area (Å²) in [6, 6.07) is 12.5. The van der Waals surface area contributed by atoms with Crippen LogP contribution in [0.15, 0.2) is 47.1 Å². The SMILES string of the molecule is O=C1NC2(CC3CCC2N3Cc2ccco2)Nc2ccccc21. The van der Waals surface area contributed by atoms with Crippen LogP contribution in [0.5, 0.6) is 0 Å². The molecule has 3 atom stereocenters. The van der Waals surface area contributed by atoms with E-state index in [9.17, 15) is 4.79 Å². The number of carbonyl (C=O) groups is 1. The van der Waals surface area contributed by atoms with Gasteiger partial charge in [0.1, 0.15) is 11.4 Å². The Morgan fingerprint density at radius 1 is 1.17 bits per heavy atom. The molecule has 5 heteroatoms. The number of furan rings is 1. The molecule has 5 rings (SSSR count). The van der Waals surface area contributed by atoms with Crippen molar-refractivity contribution in [1.82, 2.24) is 10.2 Å². The number of fused-ring (bicyclic) bond motifs is 4. The van der Waals surface area contributed by atoms with E-state index in [0.717, 1.165) is 36.4 Å². The fourth-order valence-corrected chi connectivity index (χ4v) is 4.61. The number of nitrogens with zero attached hydrogens (tertiary/aromatic N) is 1. The molecule has 0 saturated carbocycles. The molecular formula is C18H19N3O2. The highest BCUT2D eigenvalue weighted by atomic mass is 16.3. The van der Waals surface area contributed by atoms with Crippen LogP contribution in [-0.2, 0) is 6.54 Å². The monoisotopic (exact) mass is 309 g/mol. The van der Waals surface area contributed by atoms with Crippen LogP contribution < -0.4 is 10.6 Å². The molecule has 2 fully saturated rings. The van der Waals surface area contributed by atoms with Gasteiger partial charge in [-0.15, -0.1) is 0 Å². The number of anilines is 1. The summed E-state index contributed by atoms with van der Waals surface area (Å²) in [7, 11) is 0. The van der Waals surface area contributed by atoms with E-state index in [1.165, 1.54) is 6.42 Å². The number of rotatable bonds is 2. The molecule has 1 aromatic heterocycles. The van der Waals surface area contributed by atoms with Gasteiger partial charge in [-0.25, -0.2) is 0 Å². The maximum Gasteiger partial charge on any atom is 0.255 e. The third kappa shape index (κ3) is 1.86. The van der Waals surface area contributed by atoms with E-state index in [2.05, 4.69) is 15.5 Å². The van der Waals surface area contributed by atoms with Crippen molar-refractivity contribution >= 4 is 11.6 Å². The van der Waals surface area contributed by atoms with E-state index >= 15 is 0 Å². The van der Waals surface area contributed by atoms with Gasteiger partial charge in [-0.3, -0.25) is 9.69 Å². The quantitative estimate of drug-likeness (QED) is 0.895. The smallest absolute Gasteiger partial charge is 0.255 e. The van der Waals surface area contributed by atoms with Crippen LogP contribution in [0, 0.1) is 0 Å². The maximum atomic E-state index is 12.6. The molecule has 0 radical (unpaired) electrons. The fourth-order valence-electron chi connectivity index (χ4n) is 4.61. The second kappa shape index (κ2) is 4.61. The summed E-state index contributed by atoms with van der Waals surface area (Å²) in [5, 5.41) is 6.91. The Morgan fingerprint density at radius 2 is 2.09 bits per heavy atom. The zero-order chi connectivity index (χ0) is 15.4. The summed E-state index contributed by atoms with van der Waals surface area (Å²) in [6.07, 6.45) is 4.95. The van der Waals surface area contributed by atoms with Gasteiger partial charge in [0, 0.05) is 18.2 Å². The average molecular weight is 309 g/mol. The Hall–Kier alpha value is -2.27. The first-order chi connectivity index (χ1) is 11.3. The van der Waals surface area contributed by atoms with Gasteiger partial charge in [-0.05, 0) is 37.1 Å². The van der Waals surface area contributed by atoms with Crippen molar-refractivity contribution in [3.63, 3.8) is 0 Å². The van der Waals surface area contributed by atoms with Gasteiger partial charge >= 0.3 is 0 Å². The Balaban J connectivity index is 1.47. The number of carbonyl (C=O) groups excluding carboxylic acids is 1. The lowest BCUT2D eigenvalue weighted by atomic mass is 9.86. The first-order valence-electron chi connectivity index (χ1n) is 8.23. The van der Waals surface area contributed by atoms with E-state index in [1.54, 1.807) is 6.26 Å². The predicted molar refractivity (Wildman–Crippen MR) is 85.9 cm³/mol. The Bertz CT molecular complexity index is 757. The van der Waals surface area contributed by atoms with E-state index in [0.29, 0.717) is 12.1 Å². The second-order valence-corrected chi connectivity index (χ2v) is 6.80. The summed E-state index contributed by atoms with van der Waals surface area (Å²) in [4.78, 5) is 15.0. The fraction of sp³-hybridized carbons (Fsp3) is 0.389. The van der Waals surface area contributed by atoms with Crippen LogP contribution in [-0.4, -0.2) is 28.6 Å². The zero-order valence-corrected chi connectivity index (χ0v) is 12.8. The summed E-state index contributed by atoms with van der Waals surface area (Å²) >= 11 is 0. The lowest BCUT2D eigenvalue weighted by Gasteiger charge is -2.43. The summed E-state index contributed by atoms with van der Waals surface area (Å²) in [5.74, 6) is 1.02. The van der Waals surface area contributed by atoms with Crippen molar-refractivity contribution in [3.05, 3.63) is 54.0 Å². The topological polar surface area (TPSA) is 57.5 Å². The normalized spacial score (nSPS) is 31.9. The molecular weight excluding hydrogens is 290 g/mol. The van der Waals surface area contributed by atoms with Gasteiger partial charge in [-0.1, -0.05) is 12.1 Å². The average Bonchev–Trinajstić information content (AvgIpc) is 3.24. The Kier molecular flexibility index (Phi) is 2.65. The van der Waals surface area contributed by atoms with Crippen LogP contribution in [0.2, 0.25) is 0 Å². The number of nitrogens with one attached hydrogen (secondary N) is 2. The number of hydrogen-bond donors (Lipinski definition) is 2. The van der Waals surface area contributed by atoms with Gasteiger partial charge in [-0.2, -0.15) is 0 Å². The second-order valence-electron chi connectivity index (χ2n) is 6.80. The number of hydrogen-bond acceptors (Lipinski definition) is 4. The molecule has 23 heavy (non-hydrogen) atoms. The maximum absolute atomic E-state index is 12.6. The zero-order valence-electron chi connectivity index (χ0n) is 12.8. The van der Waals surface area contributed by atoms with Gasteiger partial charge < -0.3 is 15.1 Å². The van der Waals surface area contributed by atoms with Crippen LogP contribution in [0.25, 0.3) is 0 Å². The van der Waals surface area contributed by atoms with Crippen molar-refractivity contribution in [1.29, 1.82) is 0 Å². The standard InChI is InChI=1S/C18H19N3O2/c22-17-14-5-1-2-6-15(14)19-18(20-17)10-12-7-8-16(18)21(12)11-13-4-3-9-23-13/h1-6,9,12,16,19H,7-8,10-11H2,(H,20,22). The third-order valence-corrected chi connectivity index (χ3v) is 5.55. The molecule has 2 aromatic rings. The van der Waals surface area contributed by atoms with Crippen molar-refractivity contribution < 1.29 is 9.21 Å². The molecule has 5 nitrogen and oxygen atoms in total. The van der Waals surface area contributed by atoms with E-state index in [-0.39, 0.29) is 11.6 Å². The molecule has 1 amide bonds. The van der Waals surface area contributed by atoms with Gasteiger partial charge in [0.05, 0.1) is 24.4 Å². The highest BCUT2D eigenvalue weighted by Crippen LogP contribution is 2.47. The molecule has 2 bridgehead atoms. The molecule has 3 aliphatic rings. The number of amides is 1. The Labute approximate surface area is 134 Å². The molecule has 118 valence electrons. The molecule has 3 unspecified atom stereocenters. The van der Waals surface area contributed by atoms with Crippen molar-refractivity contribution in [2.45, 2.75) is 43.6 Å². The number of para-hydroxylation sites is 1. The van der Waals surface area contributed by atoms with Crippen LogP contribution >= 0.6 is 0 Å². The molecule has 3 aliphatic heterocycles. The minimum Gasteiger partial charge on any atom is -0.468 e. The van der Waals surface area contributed by atoms with Gasteiger partial charge in [0.25, 0.3) is 5.91 Å². The molecule has 4 heterocycles. The van der Waals surface area contributed by atoms with Crippen molar-refractivity contribution in [2.75, 3.05) is 5.32 Å². The highest BCUT2D eigenvalue weighted by Gasteiger charge is 2.58. The summed E-state index contributed by atoms with van der Waals surface area (Å²) < 4.78 is 5.52. The molecule has 2 saturated heterocycles. The minimum absolute atomic E-state index is 0.0323. The van der Waals surface area contributed by atoms with Crippen LogP contribution in [0.3, 0.4) is 0 Å². The largest absolute Gasteiger partial charge is 0.468 e. The van der Waals surface area contributed by atoms with E-state index in [4.69, 9.17) is 4.42 Å². The van der Waals surface area contributed by atoms with Crippen LogP contribution in [0.4, 0.5) is 5.69 Å². The lowest BCUT2D eigenvalue weighted by molar-refractivity contribution is 0.0868. The number of benzene rings is 1. The first kappa shape index (κ1) is 13.2. The molecule has 1 aromatic carbocycles. The van der Waals surface area contributed by atoms with E-state index < -0.39 is 0 Å². The summed E-state index contributed by atoms with van der Waals surface area (Å²) in [5.41, 5.74) is 1.33. The first-order valence-corrected chi connectivity index (χ1v) is 8.23. The van der Waals surface area contributed by atoms with Crippen LogP contribution in [0.1, 0.15) is 35.4 Å². The summed E-state index contributed by atoms with van der Waals surface area (Å²) in [6.45, 7) is 0.809. The third-order valence-electron chi connectivity index (χ3n) is 5.55. The van der Waals surface area contributed by atoms with Crippen molar-refractivity contribution in [3.8, 4) is 0 Å². The van der Waals surface area contributed by atoms with Gasteiger partial charge in [0.2, 0.25) is 0 Å².